The van der Waals surface area contributed by atoms with Crippen molar-refractivity contribution in [3.63, 3.8) is 0 Å². The Morgan fingerprint density at radius 3 is 2.94 bits per heavy atom. The smallest absolute Gasteiger partial charge is 0.0512 e. The van der Waals surface area contributed by atoms with Gasteiger partial charge in [-0.1, -0.05) is 35.0 Å². The van der Waals surface area contributed by atoms with Crippen LogP contribution in [0.1, 0.15) is 36.9 Å². The van der Waals surface area contributed by atoms with Crippen molar-refractivity contribution in [2.24, 2.45) is 5.92 Å². The normalized spacial score (nSPS) is 21.8. The average Bonchev–Trinajstić information content (AvgIpc) is 2.40. The summed E-state index contributed by atoms with van der Waals surface area (Å²) in [6, 6.07) is 7.08. The molecule has 0 saturated carbocycles. The van der Waals surface area contributed by atoms with Crippen LogP contribution < -0.4 is 5.32 Å². The van der Waals surface area contributed by atoms with E-state index >= 15 is 0 Å². The summed E-state index contributed by atoms with van der Waals surface area (Å²) >= 11 is 3.63. The third kappa shape index (κ3) is 3.34. The van der Waals surface area contributed by atoms with E-state index in [-0.39, 0.29) is 0 Å². The maximum absolute atomic E-state index is 5.63. The van der Waals surface area contributed by atoms with E-state index in [1.54, 1.807) is 0 Å². The molecular weight excluding hydrogens is 290 g/mol. The topological polar surface area (TPSA) is 21.3 Å². The van der Waals surface area contributed by atoms with Crippen molar-refractivity contribution in [1.29, 1.82) is 0 Å². The van der Waals surface area contributed by atoms with Gasteiger partial charge >= 0.3 is 0 Å². The summed E-state index contributed by atoms with van der Waals surface area (Å²) in [6.45, 7) is 7.09. The van der Waals surface area contributed by atoms with E-state index in [9.17, 15) is 0 Å². The van der Waals surface area contributed by atoms with Crippen LogP contribution in [0, 0.1) is 12.8 Å². The molecule has 0 radical (unpaired) electrons. The quantitative estimate of drug-likeness (QED) is 0.912. The monoisotopic (exact) mass is 311 g/mol. The molecule has 3 heteroatoms. The minimum Gasteiger partial charge on any atom is -0.381 e. The highest BCUT2D eigenvalue weighted by Gasteiger charge is 2.25. The largest absolute Gasteiger partial charge is 0.381 e. The molecular formula is C15H22BrNO. The number of rotatable bonds is 4. The van der Waals surface area contributed by atoms with Gasteiger partial charge in [-0.25, -0.2) is 0 Å². The van der Waals surface area contributed by atoms with Crippen molar-refractivity contribution in [1.82, 2.24) is 5.32 Å². The van der Waals surface area contributed by atoms with Crippen molar-refractivity contribution in [2.75, 3.05) is 19.8 Å². The molecule has 0 aliphatic carbocycles. The second-order valence-corrected chi connectivity index (χ2v) is 5.88. The van der Waals surface area contributed by atoms with Crippen LogP contribution in [0.2, 0.25) is 0 Å². The number of ether oxygens (including phenoxy) is 1. The van der Waals surface area contributed by atoms with Crippen LogP contribution in [0.3, 0.4) is 0 Å². The van der Waals surface area contributed by atoms with Gasteiger partial charge in [-0.2, -0.15) is 0 Å². The molecule has 1 heterocycles. The average molecular weight is 312 g/mol. The fourth-order valence-corrected chi connectivity index (χ4v) is 3.00. The molecule has 100 valence electrons. The Morgan fingerprint density at radius 1 is 1.50 bits per heavy atom. The summed E-state index contributed by atoms with van der Waals surface area (Å²) in [4.78, 5) is 0. The predicted octanol–water partition coefficient (Wildman–Crippen LogP) is 3.83. The summed E-state index contributed by atoms with van der Waals surface area (Å²) in [7, 11) is 0. The molecule has 1 aromatic carbocycles. The van der Waals surface area contributed by atoms with Gasteiger partial charge in [0.15, 0.2) is 0 Å². The van der Waals surface area contributed by atoms with Gasteiger partial charge < -0.3 is 10.1 Å². The number of nitrogens with one attached hydrogen (secondary N) is 1. The maximum Gasteiger partial charge on any atom is 0.0512 e. The minimum absolute atomic E-state index is 0.409. The molecule has 1 fully saturated rings. The van der Waals surface area contributed by atoms with Gasteiger partial charge in [0.25, 0.3) is 0 Å². The van der Waals surface area contributed by atoms with Crippen LogP contribution in [0.5, 0.6) is 0 Å². The van der Waals surface area contributed by atoms with Crippen LogP contribution in [0.15, 0.2) is 22.7 Å². The molecule has 1 saturated heterocycles. The van der Waals surface area contributed by atoms with Crippen LogP contribution in [-0.2, 0) is 4.74 Å². The Hall–Kier alpha value is -0.380. The van der Waals surface area contributed by atoms with Gasteiger partial charge in [-0.15, -0.1) is 0 Å². The molecule has 1 aliphatic rings. The van der Waals surface area contributed by atoms with Gasteiger partial charge in [0.1, 0.15) is 0 Å². The van der Waals surface area contributed by atoms with Crippen molar-refractivity contribution in [2.45, 2.75) is 32.7 Å². The van der Waals surface area contributed by atoms with E-state index in [4.69, 9.17) is 4.74 Å². The lowest BCUT2D eigenvalue weighted by atomic mass is 9.88. The highest BCUT2D eigenvalue weighted by molar-refractivity contribution is 9.10. The lowest BCUT2D eigenvalue weighted by molar-refractivity contribution is 0.0393. The number of benzene rings is 1. The zero-order valence-electron chi connectivity index (χ0n) is 11.2. The minimum atomic E-state index is 0.409. The summed E-state index contributed by atoms with van der Waals surface area (Å²) in [5, 5.41) is 3.61. The fraction of sp³-hybridized carbons (Fsp3) is 0.600. The molecule has 1 N–H and O–H groups in total. The molecule has 2 rings (SSSR count). The zero-order valence-corrected chi connectivity index (χ0v) is 12.8. The van der Waals surface area contributed by atoms with E-state index < -0.39 is 0 Å². The Balaban J connectivity index is 2.19. The number of hydrogen-bond donors (Lipinski definition) is 1. The highest BCUT2D eigenvalue weighted by Crippen LogP contribution is 2.31. The van der Waals surface area contributed by atoms with Crippen LogP contribution in [-0.4, -0.2) is 19.8 Å². The first kappa shape index (κ1) is 14.0. The maximum atomic E-state index is 5.63. The predicted molar refractivity (Wildman–Crippen MR) is 78.8 cm³/mol. The molecule has 0 spiro atoms. The van der Waals surface area contributed by atoms with E-state index in [1.807, 2.05) is 0 Å². The Bertz CT molecular complexity index is 388. The van der Waals surface area contributed by atoms with Gasteiger partial charge in [-0.05, 0) is 43.5 Å². The molecule has 1 aliphatic heterocycles. The van der Waals surface area contributed by atoms with Crippen molar-refractivity contribution in [3.05, 3.63) is 33.8 Å². The molecule has 18 heavy (non-hydrogen) atoms. The summed E-state index contributed by atoms with van der Waals surface area (Å²) in [6.07, 6.45) is 2.43. The first-order chi connectivity index (χ1) is 8.72. The Kier molecular flexibility index (Phi) is 5.22. The molecule has 0 amide bonds. The lowest BCUT2D eigenvalue weighted by Crippen LogP contribution is -2.33. The molecule has 1 aromatic rings. The number of halogens is 1. The van der Waals surface area contributed by atoms with E-state index in [0.717, 1.165) is 19.8 Å². The molecule has 0 aromatic heterocycles. The summed E-state index contributed by atoms with van der Waals surface area (Å²) in [5.74, 6) is 0.591. The van der Waals surface area contributed by atoms with Gasteiger partial charge in [-0.3, -0.25) is 0 Å². The summed E-state index contributed by atoms with van der Waals surface area (Å²) < 4.78 is 6.83. The zero-order chi connectivity index (χ0) is 13.0. The first-order valence-corrected chi connectivity index (χ1v) is 7.59. The molecule has 2 unspecified atom stereocenters. The molecule has 2 atom stereocenters. The lowest BCUT2D eigenvalue weighted by Gasteiger charge is -2.31. The Labute approximate surface area is 118 Å². The van der Waals surface area contributed by atoms with E-state index in [1.165, 1.54) is 28.4 Å². The SMILES string of the molecule is CCNC(c1ccc(C)c(Br)c1)C1CCCOC1. The fourth-order valence-electron chi connectivity index (χ4n) is 2.61. The third-order valence-electron chi connectivity index (χ3n) is 3.65. The number of hydrogen-bond acceptors (Lipinski definition) is 2. The van der Waals surface area contributed by atoms with Crippen LogP contribution in [0.4, 0.5) is 0 Å². The van der Waals surface area contributed by atoms with Crippen LogP contribution >= 0.6 is 15.9 Å². The van der Waals surface area contributed by atoms with E-state index in [2.05, 4.69) is 53.3 Å². The van der Waals surface area contributed by atoms with E-state index in [0.29, 0.717) is 12.0 Å². The van der Waals surface area contributed by atoms with Gasteiger partial charge in [0.05, 0.1) is 6.61 Å². The second kappa shape index (κ2) is 6.69. The Morgan fingerprint density at radius 2 is 2.33 bits per heavy atom. The van der Waals surface area contributed by atoms with Crippen molar-refractivity contribution in [3.8, 4) is 0 Å². The van der Waals surface area contributed by atoms with Crippen molar-refractivity contribution < 1.29 is 4.74 Å². The second-order valence-electron chi connectivity index (χ2n) is 5.02. The first-order valence-electron chi connectivity index (χ1n) is 6.79. The molecule has 2 nitrogen and oxygen atoms in total. The third-order valence-corrected chi connectivity index (χ3v) is 4.50. The van der Waals surface area contributed by atoms with Crippen molar-refractivity contribution >= 4 is 15.9 Å². The number of aryl methyl sites for hydroxylation is 1. The standard InChI is InChI=1S/C15H22BrNO/c1-3-17-15(13-5-4-8-18-10-13)12-7-6-11(2)14(16)9-12/h6-7,9,13,15,17H,3-5,8,10H2,1-2H3. The van der Waals surface area contributed by atoms with Gasteiger partial charge in [0, 0.05) is 23.0 Å². The van der Waals surface area contributed by atoms with Gasteiger partial charge in [0.2, 0.25) is 0 Å². The van der Waals surface area contributed by atoms with Crippen LogP contribution in [0.25, 0.3) is 0 Å². The highest BCUT2D eigenvalue weighted by atomic mass is 79.9. The molecule has 0 bridgehead atoms. The summed E-state index contributed by atoms with van der Waals surface area (Å²) in [5.41, 5.74) is 2.65.